The summed E-state index contributed by atoms with van der Waals surface area (Å²) < 4.78 is 0. The van der Waals surface area contributed by atoms with E-state index in [1.165, 1.54) is 16.7 Å². The van der Waals surface area contributed by atoms with E-state index in [0.29, 0.717) is 0 Å². The van der Waals surface area contributed by atoms with Gasteiger partial charge in [-0.2, -0.15) is 0 Å². The van der Waals surface area contributed by atoms with E-state index in [1.807, 2.05) is 0 Å². The van der Waals surface area contributed by atoms with Gasteiger partial charge < -0.3 is 0 Å². The monoisotopic (exact) mass is 199 g/mol. The molecule has 10 heavy (non-hydrogen) atoms. The third-order valence-corrected chi connectivity index (χ3v) is 2.31. The Morgan fingerprint density at radius 2 is 2.00 bits per heavy atom. The molecule has 1 heteroatoms. The van der Waals surface area contributed by atoms with Crippen molar-refractivity contribution in [2.45, 2.75) is 19.2 Å². The molecule has 0 heterocycles. The molecule has 0 amide bonds. The van der Waals surface area contributed by atoms with E-state index >= 15 is 0 Å². The van der Waals surface area contributed by atoms with Crippen LogP contribution in [0.4, 0.5) is 0 Å². The molecule has 1 aromatic carbocycles. The zero-order chi connectivity index (χ0) is 7.56. The van der Waals surface area contributed by atoms with Gasteiger partial charge in [-0.3, -0.25) is 0 Å². The fourth-order valence-corrected chi connectivity index (χ4v) is 1.69. The van der Waals surface area contributed by atoms with Crippen LogP contribution in [-0.4, -0.2) is 16.0 Å². The van der Waals surface area contributed by atoms with E-state index in [1.54, 1.807) is 0 Å². The van der Waals surface area contributed by atoms with Gasteiger partial charge in [0.2, 0.25) is 0 Å². The van der Waals surface area contributed by atoms with E-state index in [-0.39, 0.29) is 0 Å². The first kappa shape index (κ1) is 7.84. The molecular formula is C9H11Se. The molecule has 0 fully saturated rings. The summed E-state index contributed by atoms with van der Waals surface area (Å²) in [5, 5.41) is 1.02. The predicted octanol–water partition coefficient (Wildman–Crippen LogP) is 1.97. The molecule has 0 aliphatic heterocycles. The molecule has 0 saturated heterocycles. The van der Waals surface area contributed by atoms with Crippen LogP contribution in [0.2, 0.25) is 0 Å². The average molecular weight is 198 g/mol. The Bertz CT molecular complexity index is 228. The van der Waals surface area contributed by atoms with Gasteiger partial charge >= 0.3 is 70.1 Å². The summed E-state index contributed by atoms with van der Waals surface area (Å²) in [5.74, 6) is 0. The molecule has 0 bridgehead atoms. The van der Waals surface area contributed by atoms with Crippen LogP contribution in [0.5, 0.6) is 0 Å². The first-order valence-corrected chi connectivity index (χ1v) is 4.59. The number of benzene rings is 1. The molecule has 0 spiro atoms. The SMILES string of the molecule is Cc1ccc(C[Se])c(C)c1. The van der Waals surface area contributed by atoms with E-state index in [9.17, 15) is 0 Å². The van der Waals surface area contributed by atoms with E-state index < -0.39 is 0 Å². The number of hydrogen-bond acceptors (Lipinski definition) is 0. The van der Waals surface area contributed by atoms with Crippen LogP contribution in [0.25, 0.3) is 0 Å². The Labute approximate surface area is 70.5 Å². The number of hydrogen-bond donors (Lipinski definition) is 0. The van der Waals surface area contributed by atoms with Gasteiger partial charge in [0, 0.05) is 0 Å². The first-order chi connectivity index (χ1) is 4.74. The van der Waals surface area contributed by atoms with Gasteiger partial charge in [-0.25, -0.2) is 0 Å². The van der Waals surface area contributed by atoms with Gasteiger partial charge in [0.15, 0.2) is 0 Å². The molecule has 0 aliphatic rings. The van der Waals surface area contributed by atoms with Crippen molar-refractivity contribution in [1.29, 1.82) is 0 Å². The molecule has 1 radical (unpaired) electrons. The van der Waals surface area contributed by atoms with Crippen LogP contribution in [0, 0.1) is 13.8 Å². The Hall–Kier alpha value is -0.261. The van der Waals surface area contributed by atoms with Crippen molar-refractivity contribution in [3.63, 3.8) is 0 Å². The molecular weight excluding hydrogens is 187 g/mol. The minimum atomic E-state index is 1.02. The van der Waals surface area contributed by atoms with Crippen molar-refractivity contribution >= 4 is 16.0 Å². The fourth-order valence-electron chi connectivity index (χ4n) is 1.01. The van der Waals surface area contributed by atoms with E-state index in [2.05, 4.69) is 48.1 Å². The van der Waals surface area contributed by atoms with Gasteiger partial charge in [0.05, 0.1) is 0 Å². The quantitative estimate of drug-likeness (QED) is 0.605. The van der Waals surface area contributed by atoms with Crippen LogP contribution in [0.1, 0.15) is 16.7 Å². The molecule has 0 N–H and O–H groups in total. The third-order valence-electron chi connectivity index (χ3n) is 1.65. The van der Waals surface area contributed by atoms with Gasteiger partial charge in [-0.15, -0.1) is 0 Å². The van der Waals surface area contributed by atoms with Crippen molar-refractivity contribution in [3.8, 4) is 0 Å². The maximum absolute atomic E-state index is 3.02. The average Bonchev–Trinajstić information content (AvgIpc) is 1.88. The first-order valence-electron chi connectivity index (χ1n) is 3.38. The second-order valence-electron chi connectivity index (χ2n) is 2.57. The van der Waals surface area contributed by atoms with E-state index in [0.717, 1.165) is 5.32 Å². The number of aryl methyl sites for hydroxylation is 2. The Kier molecular flexibility index (Phi) is 2.53. The topological polar surface area (TPSA) is 0 Å². The van der Waals surface area contributed by atoms with Crippen LogP contribution in [0.3, 0.4) is 0 Å². The normalized spacial score (nSPS) is 9.90. The van der Waals surface area contributed by atoms with Gasteiger partial charge in [0.25, 0.3) is 0 Å². The number of rotatable bonds is 1. The van der Waals surface area contributed by atoms with Gasteiger partial charge in [-0.1, -0.05) is 0 Å². The van der Waals surface area contributed by atoms with Crippen molar-refractivity contribution in [2.24, 2.45) is 0 Å². The Balaban J connectivity index is 3.07. The second-order valence-corrected chi connectivity index (χ2v) is 3.18. The summed E-state index contributed by atoms with van der Waals surface area (Å²) in [6.45, 7) is 4.27. The predicted molar refractivity (Wildman–Crippen MR) is 45.4 cm³/mol. The Morgan fingerprint density at radius 3 is 2.50 bits per heavy atom. The van der Waals surface area contributed by atoms with Gasteiger partial charge in [0.1, 0.15) is 0 Å². The molecule has 1 rings (SSSR count). The summed E-state index contributed by atoms with van der Waals surface area (Å²) in [7, 11) is 0. The zero-order valence-electron chi connectivity index (χ0n) is 6.35. The van der Waals surface area contributed by atoms with Crippen LogP contribution >= 0.6 is 0 Å². The third kappa shape index (κ3) is 1.62. The second kappa shape index (κ2) is 3.23. The summed E-state index contributed by atoms with van der Waals surface area (Å²) in [6.07, 6.45) is 0. The van der Waals surface area contributed by atoms with Crippen LogP contribution < -0.4 is 0 Å². The van der Waals surface area contributed by atoms with E-state index in [4.69, 9.17) is 0 Å². The molecule has 53 valence electrons. The fraction of sp³-hybridized carbons (Fsp3) is 0.333. The summed E-state index contributed by atoms with van der Waals surface area (Å²) in [4.78, 5) is 0. The Morgan fingerprint density at radius 1 is 1.30 bits per heavy atom. The maximum atomic E-state index is 3.02. The van der Waals surface area contributed by atoms with Crippen molar-refractivity contribution in [2.75, 3.05) is 0 Å². The molecule has 0 atom stereocenters. The van der Waals surface area contributed by atoms with Crippen molar-refractivity contribution in [1.82, 2.24) is 0 Å². The van der Waals surface area contributed by atoms with Crippen LogP contribution in [0.15, 0.2) is 18.2 Å². The molecule has 0 nitrogen and oxygen atoms in total. The molecule has 0 saturated carbocycles. The molecule has 1 aromatic rings. The minimum absolute atomic E-state index is 1.02. The molecule has 0 aliphatic carbocycles. The van der Waals surface area contributed by atoms with Gasteiger partial charge in [-0.05, 0) is 0 Å². The summed E-state index contributed by atoms with van der Waals surface area (Å²) >= 11 is 3.02. The molecule has 0 unspecified atom stereocenters. The standard InChI is InChI=1S/C9H11Se/c1-7-3-4-9(6-10)8(2)5-7/h3-5H,6H2,1-2H3. The van der Waals surface area contributed by atoms with Crippen molar-refractivity contribution in [3.05, 3.63) is 34.9 Å². The molecule has 0 aromatic heterocycles. The van der Waals surface area contributed by atoms with Crippen LogP contribution in [-0.2, 0) is 5.32 Å². The zero-order valence-corrected chi connectivity index (χ0v) is 8.06. The van der Waals surface area contributed by atoms with Crippen molar-refractivity contribution < 1.29 is 0 Å². The summed E-state index contributed by atoms with van der Waals surface area (Å²) in [5.41, 5.74) is 4.14. The summed E-state index contributed by atoms with van der Waals surface area (Å²) in [6, 6.07) is 6.55.